The molecule has 0 heterocycles. The molecule has 0 amide bonds. The number of carboxylic acids is 2. The van der Waals surface area contributed by atoms with E-state index in [1.165, 1.54) is 36.4 Å². The molecule has 2 unspecified atom stereocenters. The zero-order chi connectivity index (χ0) is 26.1. The zero-order valence-electron chi connectivity index (χ0n) is 18.1. The van der Waals surface area contributed by atoms with E-state index in [0.717, 1.165) is 12.1 Å². The van der Waals surface area contributed by atoms with Gasteiger partial charge in [0.05, 0.1) is 35.5 Å². The number of esters is 2. The lowest BCUT2D eigenvalue weighted by Crippen LogP contribution is -2.20. The van der Waals surface area contributed by atoms with Gasteiger partial charge in [-0.1, -0.05) is 24.3 Å². The van der Waals surface area contributed by atoms with E-state index >= 15 is 0 Å². The van der Waals surface area contributed by atoms with Crippen LogP contribution in [0.4, 0.5) is 11.4 Å². The number of rotatable bonds is 12. The molecular formula is C22H20N2O11. The Labute approximate surface area is 197 Å². The molecule has 0 radical (unpaired) electrons. The van der Waals surface area contributed by atoms with Crippen LogP contribution in [-0.2, 0) is 23.9 Å². The predicted octanol–water partition coefficient (Wildman–Crippen LogP) is 3.17. The van der Waals surface area contributed by atoms with E-state index < -0.39 is 71.2 Å². The molecule has 0 fully saturated rings. The summed E-state index contributed by atoms with van der Waals surface area (Å²) < 4.78 is 4.74. The van der Waals surface area contributed by atoms with Crippen LogP contribution in [0.5, 0.6) is 0 Å². The van der Waals surface area contributed by atoms with E-state index in [9.17, 15) is 39.4 Å². The van der Waals surface area contributed by atoms with Crippen molar-refractivity contribution in [2.45, 2.75) is 37.5 Å². The van der Waals surface area contributed by atoms with Crippen molar-refractivity contribution in [1.29, 1.82) is 0 Å². The topological polar surface area (TPSA) is 204 Å². The van der Waals surface area contributed by atoms with Gasteiger partial charge in [-0.3, -0.25) is 39.4 Å². The molecule has 13 heteroatoms. The summed E-state index contributed by atoms with van der Waals surface area (Å²) >= 11 is 0. The summed E-state index contributed by atoms with van der Waals surface area (Å²) in [4.78, 5) is 67.8. The lowest BCUT2D eigenvalue weighted by molar-refractivity contribution is -0.385. The average Bonchev–Trinajstić information content (AvgIpc) is 2.77. The standard InChI is InChI=1S/C22H20N2O11/c25-19(26)9-15(13-3-1-5-17(7-13)23(31)32)11-21(29)35-22(30)12-16(10-20(27)28)14-4-2-6-18(8-14)24(33)34/h1-8,15-16H,9-12H2,(H,25,26)(H,27,28). The highest BCUT2D eigenvalue weighted by atomic mass is 16.6. The van der Waals surface area contributed by atoms with E-state index in [-0.39, 0.29) is 22.5 Å². The summed E-state index contributed by atoms with van der Waals surface area (Å²) in [5, 5.41) is 40.3. The first kappa shape index (κ1) is 26.6. The number of carbonyl (C=O) groups is 4. The quantitative estimate of drug-likeness (QED) is 0.192. The Bertz CT molecular complexity index is 1070. The van der Waals surface area contributed by atoms with Crippen LogP contribution in [-0.4, -0.2) is 43.9 Å². The Morgan fingerprint density at radius 3 is 1.40 bits per heavy atom. The molecule has 35 heavy (non-hydrogen) atoms. The van der Waals surface area contributed by atoms with Crippen LogP contribution in [0.2, 0.25) is 0 Å². The number of nitro benzene ring substituents is 2. The molecule has 2 aromatic carbocycles. The number of carboxylic acid groups (broad SMARTS) is 2. The van der Waals surface area contributed by atoms with E-state index in [1.54, 1.807) is 0 Å². The van der Waals surface area contributed by atoms with Crippen LogP contribution >= 0.6 is 0 Å². The fourth-order valence-electron chi connectivity index (χ4n) is 3.43. The molecule has 0 bridgehead atoms. The summed E-state index contributed by atoms with van der Waals surface area (Å²) in [6.45, 7) is 0. The van der Waals surface area contributed by atoms with Crippen molar-refractivity contribution in [3.63, 3.8) is 0 Å². The molecular weight excluding hydrogens is 468 g/mol. The fraction of sp³-hybridized carbons (Fsp3) is 0.273. The Morgan fingerprint density at radius 2 is 1.09 bits per heavy atom. The second-order valence-corrected chi connectivity index (χ2v) is 7.55. The summed E-state index contributed by atoms with van der Waals surface area (Å²) in [7, 11) is 0. The largest absolute Gasteiger partial charge is 0.481 e. The number of carbonyl (C=O) groups excluding carboxylic acids is 2. The first-order chi connectivity index (χ1) is 16.5. The van der Waals surface area contributed by atoms with Crippen molar-refractivity contribution in [1.82, 2.24) is 0 Å². The van der Waals surface area contributed by atoms with Crippen molar-refractivity contribution >= 4 is 35.3 Å². The molecule has 2 rings (SSSR count). The zero-order valence-corrected chi connectivity index (χ0v) is 18.1. The van der Waals surface area contributed by atoms with Gasteiger partial charge in [0.1, 0.15) is 0 Å². The van der Waals surface area contributed by atoms with Crippen LogP contribution in [0.3, 0.4) is 0 Å². The van der Waals surface area contributed by atoms with Gasteiger partial charge in [-0.25, -0.2) is 0 Å². The first-order valence-electron chi connectivity index (χ1n) is 10.1. The minimum absolute atomic E-state index is 0.186. The molecule has 13 nitrogen and oxygen atoms in total. The third-order valence-electron chi connectivity index (χ3n) is 5.00. The average molecular weight is 488 g/mol. The summed E-state index contributed by atoms with van der Waals surface area (Å²) in [6.07, 6.45) is -2.31. The van der Waals surface area contributed by atoms with Crippen LogP contribution in [0.15, 0.2) is 48.5 Å². The van der Waals surface area contributed by atoms with Crippen LogP contribution < -0.4 is 0 Å². The summed E-state index contributed by atoms with van der Waals surface area (Å²) in [5.74, 6) is -6.85. The van der Waals surface area contributed by atoms with E-state index in [1.807, 2.05) is 0 Å². The number of hydrogen-bond acceptors (Lipinski definition) is 9. The highest BCUT2D eigenvalue weighted by molar-refractivity contribution is 5.87. The highest BCUT2D eigenvalue weighted by Crippen LogP contribution is 2.29. The smallest absolute Gasteiger partial charge is 0.314 e. The molecule has 0 saturated carbocycles. The maximum Gasteiger partial charge on any atom is 0.314 e. The van der Waals surface area contributed by atoms with E-state index in [0.29, 0.717) is 0 Å². The maximum atomic E-state index is 12.3. The minimum atomic E-state index is -1.28. The summed E-state index contributed by atoms with van der Waals surface area (Å²) in [5.41, 5.74) is -0.246. The van der Waals surface area contributed by atoms with Gasteiger partial charge in [-0.15, -0.1) is 0 Å². The molecule has 0 aromatic heterocycles. The molecule has 2 atom stereocenters. The molecule has 184 valence electrons. The number of nitrogens with zero attached hydrogens (tertiary/aromatic N) is 2. The Balaban J connectivity index is 2.14. The second kappa shape index (κ2) is 12.0. The normalized spacial score (nSPS) is 12.2. The van der Waals surface area contributed by atoms with Crippen molar-refractivity contribution in [2.75, 3.05) is 0 Å². The molecule has 0 aliphatic carbocycles. The SMILES string of the molecule is O=C(O)CC(CC(=O)OC(=O)CC(CC(=O)O)c1cccc([N+](=O)[O-])c1)c1cccc([N+](=O)[O-])c1. The Hall–Kier alpha value is -4.68. The van der Waals surface area contributed by atoms with Crippen LogP contribution in [0, 0.1) is 20.2 Å². The number of hydrogen-bond donors (Lipinski definition) is 2. The molecule has 0 spiro atoms. The minimum Gasteiger partial charge on any atom is -0.481 e. The molecule has 0 aliphatic heterocycles. The van der Waals surface area contributed by atoms with Gasteiger partial charge in [-0.05, 0) is 11.1 Å². The number of nitro groups is 2. The van der Waals surface area contributed by atoms with Crippen molar-refractivity contribution in [3.8, 4) is 0 Å². The van der Waals surface area contributed by atoms with Gasteiger partial charge in [0.25, 0.3) is 11.4 Å². The van der Waals surface area contributed by atoms with Crippen molar-refractivity contribution in [3.05, 3.63) is 79.9 Å². The van der Waals surface area contributed by atoms with Gasteiger partial charge < -0.3 is 14.9 Å². The molecule has 0 aliphatic rings. The number of aliphatic carboxylic acids is 2. The first-order valence-corrected chi connectivity index (χ1v) is 10.1. The third kappa shape index (κ3) is 8.31. The monoisotopic (exact) mass is 488 g/mol. The molecule has 0 saturated heterocycles. The molecule has 2 aromatic rings. The third-order valence-corrected chi connectivity index (χ3v) is 5.00. The van der Waals surface area contributed by atoms with Crippen LogP contribution in [0.1, 0.15) is 48.6 Å². The Kier molecular flexibility index (Phi) is 9.09. The number of non-ortho nitro benzene ring substituents is 2. The van der Waals surface area contributed by atoms with Gasteiger partial charge >= 0.3 is 23.9 Å². The lowest BCUT2D eigenvalue weighted by Gasteiger charge is -2.16. The number of ether oxygens (including phenoxy) is 1. The maximum absolute atomic E-state index is 12.3. The van der Waals surface area contributed by atoms with E-state index in [4.69, 9.17) is 14.9 Å². The van der Waals surface area contributed by atoms with Gasteiger partial charge in [0.2, 0.25) is 0 Å². The van der Waals surface area contributed by atoms with Gasteiger partial charge in [-0.2, -0.15) is 0 Å². The highest BCUT2D eigenvalue weighted by Gasteiger charge is 2.26. The van der Waals surface area contributed by atoms with Gasteiger partial charge in [0.15, 0.2) is 0 Å². The Morgan fingerprint density at radius 1 is 0.714 bits per heavy atom. The molecule has 2 N–H and O–H groups in total. The predicted molar refractivity (Wildman–Crippen MR) is 117 cm³/mol. The second-order valence-electron chi connectivity index (χ2n) is 7.55. The van der Waals surface area contributed by atoms with Crippen LogP contribution in [0.25, 0.3) is 0 Å². The summed E-state index contributed by atoms with van der Waals surface area (Å²) in [6, 6.07) is 10.1. The number of benzene rings is 2. The fourth-order valence-corrected chi connectivity index (χ4v) is 3.43. The van der Waals surface area contributed by atoms with Crippen molar-refractivity contribution in [2.24, 2.45) is 0 Å². The van der Waals surface area contributed by atoms with Gasteiger partial charge in [0, 0.05) is 36.1 Å². The lowest BCUT2D eigenvalue weighted by atomic mass is 9.91. The van der Waals surface area contributed by atoms with Crippen molar-refractivity contribution < 1.29 is 44.0 Å². The van der Waals surface area contributed by atoms with E-state index in [2.05, 4.69) is 0 Å².